The Kier molecular flexibility index (Phi) is 8.95. The number of hydrogen-bond donors (Lipinski definition) is 2. The minimum atomic E-state index is -3.90. The number of benzene rings is 2. The topological polar surface area (TPSA) is 192 Å². The smallest absolute Gasteiger partial charge is 0.265 e. The maximum absolute atomic E-state index is 12.2. The number of halogens is 2. The van der Waals surface area contributed by atoms with Crippen molar-refractivity contribution in [2.45, 2.75) is 23.6 Å². The van der Waals surface area contributed by atoms with Crippen molar-refractivity contribution in [3.63, 3.8) is 0 Å². The number of sulfonamides is 2. The molecule has 2 aromatic heterocycles. The Morgan fingerprint density at radius 3 is 1.34 bits per heavy atom. The van der Waals surface area contributed by atoms with Gasteiger partial charge in [0, 0.05) is 0 Å². The highest BCUT2D eigenvalue weighted by molar-refractivity contribution is 9.11. The molecule has 196 valence electrons. The molecule has 4 rings (SSSR count). The predicted octanol–water partition coefficient (Wildman–Crippen LogP) is 4.84. The second kappa shape index (κ2) is 11.8. The van der Waals surface area contributed by atoms with E-state index in [-0.39, 0.29) is 32.7 Å². The van der Waals surface area contributed by atoms with E-state index >= 15 is 0 Å². The third kappa shape index (κ3) is 6.40. The molecule has 0 fully saturated rings. The van der Waals surface area contributed by atoms with Crippen molar-refractivity contribution in [3.8, 4) is 12.1 Å². The van der Waals surface area contributed by atoms with Gasteiger partial charge in [0.1, 0.15) is 30.9 Å². The Bertz CT molecular complexity index is 1660. The average molecular weight is 684 g/mol. The molecule has 0 aliphatic heterocycles. The van der Waals surface area contributed by atoms with E-state index in [1.165, 1.54) is 36.4 Å². The molecule has 0 radical (unpaired) electrons. The number of nitrogens with one attached hydrogen (secondary N) is 2. The van der Waals surface area contributed by atoms with E-state index in [0.717, 1.165) is 0 Å². The van der Waals surface area contributed by atoms with E-state index in [1.54, 1.807) is 26.0 Å². The van der Waals surface area contributed by atoms with E-state index in [1.807, 2.05) is 12.1 Å². The maximum Gasteiger partial charge on any atom is 0.265 e. The number of rotatable bonds is 6. The van der Waals surface area contributed by atoms with Crippen LogP contribution in [0.1, 0.15) is 22.5 Å². The van der Waals surface area contributed by atoms with E-state index in [4.69, 9.17) is 19.6 Å². The van der Waals surface area contributed by atoms with Gasteiger partial charge in [-0.05, 0) is 70.0 Å². The zero-order valence-electron chi connectivity index (χ0n) is 19.4. The summed E-state index contributed by atoms with van der Waals surface area (Å²) in [5.41, 5.74) is 1.15. The van der Waals surface area contributed by atoms with Crippen molar-refractivity contribution < 1.29 is 25.9 Å². The van der Waals surface area contributed by atoms with Crippen LogP contribution in [0.15, 0.2) is 76.3 Å². The quantitative estimate of drug-likeness (QED) is 0.284. The van der Waals surface area contributed by atoms with Gasteiger partial charge >= 0.3 is 0 Å². The minimum absolute atomic E-state index is 0.0229. The van der Waals surface area contributed by atoms with Crippen molar-refractivity contribution in [1.29, 1.82) is 10.5 Å². The highest BCUT2D eigenvalue weighted by Gasteiger charge is 2.23. The first-order chi connectivity index (χ1) is 17.9. The van der Waals surface area contributed by atoms with Crippen LogP contribution >= 0.6 is 31.9 Å². The van der Waals surface area contributed by atoms with Crippen molar-refractivity contribution in [2.75, 3.05) is 9.44 Å². The predicted molar refractivity (Wildman–Crippen MR) is 142 cm³/mol. The average Bonchev–Trinajstić information content (AvgIpc) is 3.38. The summed E-state index contributed by atoms with van der Waals surface area (Å²) in [6.45, 7) is 3.32. The van der Waals surface area contributed by atoms with E-state index < -0.39 is 20.0 Å². The standard InChI is InChI=1S/2C11H8BrN3O3S/c2*1-7-10(12)11(18-14-7)15-19(16,17)9-5-3-2-4-8(9)6-13/h2*2-5,15H,1H3. The van der Waals surface area contributed by atoms with Crippen LogP contribution in [0.25, 0.3) is 0 Å². The number of aromatic nitrogens is 2. The summed E-state index contributed by atoms with van der Waals surface area (Å²) >= 11 is 6.33. The molecule has 0 aliphatic carbocycles. The molecular weight excluding hydrogens is 668 g/mol. The molecule has 0 spiro atoms. The summed E-state index contributed by atoms with van der Waals surface area (Å²) in [7, 11) is -7.80. The summed E-state index contributed by atoms with van der Waals surface area (Å²) in [6.07, 6.45) is 0. The molecule has 38 heavy (non-hydrogen) atoms. The molecule has 0 bridgehead atoms. The van der Waals surface area contributed by atoms with Crippen molar-refractivity contribution >= 4 is 63.7 Å². The molecule has 2 aromatic carbocycles. The van der Waals surface area contributed by atoms with Gasteiger partial charge in [-0.25, -0.2) is 26.3 Å². The largest absolute Gasteiger partial charge is 0.336 e. The number of anilines is 2. The molecule has 2 heterocycles. The molecule has 0 saturated heterocycles. The van der Waals surface area contributed by atoms with Crippen molar-refractivity contribution in [1.82, 2.24) is 10.3 Å². The highest BCUT2D eigenvalue weighted by atomic mass is 79.9. The molecule has 0 unspecified atom stereocenters. The van der Waals surface area contributed by atoms with Crippen LogP contribution in [-0.2, 0) is 20.0 Å². The molecule has 0 atom stereocenters. The fourth-order valence-electron chi connectivity index (χ4n) is 2.78. The molecule has 12 nitrogen and oxygen atoms in total. The van der Waals surface area contributed by atoms with Gasteiger partial charge in [-0.2, -0.15) is 10.5 Å². The van der Waals surface area contributed by atoms with Crippen LogP contribution in [0.5, 0.6) is 0 Å². The Morgan fingerprint density at radius 2 is 1.05 bits per heavy atom. The van der Waals surface area contributed by atoms with Gasteiger partial charge in [-0.1, -0.05) is 34.6 Å². The van der Waals surface area contributed by atoms with Crippen LogP contribution in [0.2, 0.25) is 0 Å². The summed E-state index contributed by atoms with van der Waals surface area (Å²) in [4.78, 5) is -0.225. The monoisotopic (exact) mass is 682 g/mol. The zero-order chi connectivity index (χ0) is 28.1. The van der Waals surface area contributed by atoms with Gasteiger partial charge in [-0.3, -0.25) is 0 Å². The van der Waals surface area contributed by atoms with Gasteiger partial charge < -0.3 is 9.05 Å². The lowest BCUT2D eigenvalue weighted by Crippen LogP contribution is -2.14. The molecule has 0 amide bonds. The van der Waals surface area contributed by atoms with Crippen LogP contribution in [0.3, 0.4) is 0 Å². The number of nitrogens with zero attached hydrogens (tertiary/aromatic N) is 4. The first-order valence-electron chi connectivity index (χ1n) is 10.2. The zero-order valence-corrected chi connectivity index (χ0v) is 24.2. The Labute approximate surface area is 234 Å². The highest BCUT2D eigenvalue weighted by Crippen LogP contribution is 2.29. The molecule has 0 saturated carbocycles. The second-order valence-electron chi connectivity index (χ2n) is 7.25. The van der Waals surface area contributed by atoms with Gasteiger partial charge in [-0.15, -0.1) is 0 Å². The third-order valence-electron chi connectivity index (χ3n) is 4.63. The van der Waals surface area contributed by atoms with Gasteiger partial charge in [0.05, 0.1) is 22.5 Å². The minimum Gasteiger partial charge on any atom is -0.336 e. The molecule has 16 heteroatoms. The lowest BCUT2D eigenvalue weighted by molar-refractivity contribution is 0.430. The second-order valence-corrected chi connectivity index (χ2v) is 12.1. The summed E-state index contributed by atoms with van der Waals surface area (Å²) in [6, 6.07) is 15.5. The van der Waals surface area contributed by atoms with Gasteiger partial charge in [0.2, 0.25) is 0 Å². The van der Waals surface area contributed by atoms with Crippen molar-refractivity contribution in [2.24, 2.45) is 0 Å². The molecule has 2 N–H and O–H groups in total. The number of nitriles is 2. The number of aryl methyl sites for hydroxylation is 2. The molecular formula is C22H16Br2N6O6S2. The molecule has 0 aliphatic rings. The van der Waals surface area contributed by atoms with E-state index in [9.17, 15) is 16.8 Å². The summed E-state index contributed by atoms with van der Waals surface area (Å²) in [5.74, 6) is -0.0458. The van der Waals surface area contributed by atoms with Gasteiger partial charge in [0.15, 0.2) is 0 Å². The Morgan fingerprint density at radius 1 is 0.711 bits per heavy atom. The normalized spacial score (nSPS) is 11.0. The van der Waals surface area contributed by atoms with Crippen LogP contribution < -0.4 is 9.44 Å². The Hall–Kier alpha value is -3.70. The van der Waals surface area contributed by atoms with Crippen LogP contribution in [-0.4, -0.2) is 27.1 Å². The number of hydrogen-bond acceptors (Lipinski definition) is 10. The lowest BCUT2D eigenvalue weighted by Gasteiger charge is -2.06. The third-order valence-corrected chi connectivity index (χ3v) is 9.28. The van der Waals surface area contributed by atoms with E-state index in [0.29, 0.717) is 20.3 Å². The molecule has 4 aromatic rings. The van der Waals surface area contributed by atoms with Gasteiger partial charge in [0.25, 0.3) is 31.8 Å². The fraction of sp³-hybridized carbons (Fsp3) is 0.0909. The fourth-order valence-corrected chi connectivity index (χ4v) is 5.84. The summed E-state index contributed by atoms with van der Waals surface area (Å²) < 4.78 is 63.7. The van der Waals surface area contributed by atoms with E-state index in [2.05, 4.69) is 51.6 Å². The first kappa shape index (κ1) is 28.9. The SMILES string of the molecule is Cc1noc(NS(=O)(=O)c2ccccc2C#N)c1Br.Cc1noc(NS(=O)(=O)c2ccccc2C#N)c1Br. The van der Waals surface area contributed by atoms with Crippen molar-refractivity contribution in [3.05, 3.63) is 80.0 Å². The van der Waals surface area contributed by atoms with Crippen LogP contribution in [0.4, 0.5) is 11.8 Å². The first-order valence-corrected chi connectivity index (χ1v) is 14.7. The lowest BCUT2D eigenvalue weighted by atomic mass is 10.2. The Balaban J connectivity index is 0.000000211. The maximum atomic E-state index is 12.2. The van der Waals surface area contributed by atoms with Crippen LogP contribution in [0, 0.1) is 36.5 Å². The summed E-state index contributed by atoms with van der Waals surface area (Å²) in [5, 5.41) is 25.1.